The van der Waals surface area contributed by atoms with Crippen molar-refractivity contribution in [3.8, 4) is 11.5 Å². The second kappa shape index (κ2) is 6.54. The lowest BCUT2D eigenvalue weighted by atomic mass is 10.0. The number of amides is 1. The molecule has 0 radical (unpaired) electrons. The fourth-order valence-electron chi connectivity index (χ4n) is 3.07. The van der Waals surface area contributed by atoms with Crippen molar-refractivity contribution in [1.29, 1.82) is 0 Å². The van der Waals surface area contributed by atoms with Gasteiger partial charge in [0.1, 0.15) is 17.2 Å². The Hall–Kier alpha value is -2.14. The van der Waals surface area contributed by atoms with Crippen LogP contribution in [0.4, 0.5) is 0 Å². The Morgan fingerprint density at radius 1 is 1.30 bits per heavy atom. The lowest BCUT2D eigenvalue weighted by Gasteiger charge is -2.26. The highest BCUT2D eigenvalue weighted by Crippen LogP contribution is 2.39. The van der Waals surface area contributed by atoms with Crippen molar-refractivity contribution in [2.24, 2.45) is 0 Å². The van der Waals surface area contributed by atoms with Crippen LogP contribution in [0, 0.1) is 0 Å². The minimum Gasteiger partial charge on any atom is -0.497 e. The Morgan fingerprint density at radius 3 is 2.78 bits per heavy atom. The maximum atomic E-state index is 12.7. The molecule has 0 bridgehead atoms. The summed E-state index contributed by atoms with van der Waals surface area (Å²) in [6, 6.07) is 7.36. The summed E-state index contributed by atoms with van der Waals surface area (Å²) < 4.78 is 10.7. The van der Waals surface area contributed by atoms with Gasteiger partial charge in [0.15, 0.2) is 0 Å². The monoisotopic (exact) mass is 334 g/mol. The topological polar surface area (TPSA) is 54.6 Å². The lowest BCUT2D eigenvalue weighted by molar-refractivity contribution is 0.0729. The van der Waals surface area contributed by atoms with E-state index in [1.807, 2.05) is 23.1 Å². The van der Waals surface area contributed by atoms with Crippen molar-refractivity contribution in [3.63, 3.8) is 0 Å². The highest BCUT2D eigenvalue weighted by atomic mass is 35.5. The summed E-state index contributed by atoms with van der Waals surface area (Å²) in [7, 11) is 3.25. The maximum absolute atomic E-state index is 12.7. The Balaban J connectivity index is 1.91. The number of carbonyl (C=O) groups is 1. The van der Waals surface area contributed by atoms with Gasteiger partial charge in [0.25, 0.3) is 5.91 Å². The van der Waals surface area contributed by atoms with Crippen LogP contribution in [0.25, 0.3) is 0 Å². The van der Waals surface area contributed by atoms with Gasteiger partial charge in [-0.1, -0.05) is 11.6 Å². The smallest absolute Gasteiger partial charge is 0.270 e. The zero-order chi connectivity index (χ0) is 16.4. The van der Waals surface area contributed by atoms with Gasteiger partial charge in [-0.2, -0.15) is 0 Å². The first-order chi connectivity index (χ1) is 11.1. The molecule has 1 aliphatic rings. The minimum atomic E-state index is -0.0442. The molecule has 1 N–H and O–H groups in total. The number of ether oxygens (including phenoxy) is 2. The highest BCUT2D eigenvalue weighted by Gasteiger charge is 2.33. The number of aromatic amines is 1. The van der Waals surface area contributed by atoms with Crippen LogP contribution in [0.1, 0.15) is 34.9 Å². The summed E-state index contributed by atoms with van der Waals surface area (Å²) in [5.41, 5.74) is 1.51. The summed E-state index contributed by atoms with van der Waals surface area (Å²) >= 11 is 5.91. The molecule has 122 valence electrons. The van der Waals surface area contributed by atoms with Gasteiger partial charge in [-0.05, 0) is 31.0 Å². The number of rotatable bonds is 4. The van der Waals surface area contributed by atoms with Crippen LogP contribution < -0.4 is 9.47 Å². The predicted molar refractivity (Wildman–Crippen MR) is 88.4 cm³/mol. The number of hydrogen-bond donors (Lipinski definition) is 1. The number of hydrogen-bond acceptors (Lipinski definition) is 3. The maximum Gasteiger partial charge on any atom is 0.270 e. The van der Waals surface area contributed by atoms with E-state index in [1.165, 1.54) is 0 Å². The van der Waals surface area contributed by atoms with Gasteiger partial charge < -0.3 is 19.4 Å². The van der Waals surface area contributed by atoms with Gasteiger partial charge in [-0.15, -0.1) is 0 Å². The first-order valence-electron chi connectivity index (χ1n) is 7.51. The van der Waals surface area contributed by atoms with Crippen molar-refractivity contribution in [2.75, 3.05) is 20.8 Å². The highest BCUT2D eigenvalue weighted by molar-refractivity contribution is 6.30. The van der Waals surface area contributed by atoms with Gasteiger partial charge in [0.05, 0.1) is 25.3 Å². The largest absolute Gasteiger partial charge is 0.497 e. The second-order valence-electron chi connectivity index (χ2n) is 5.50. The molecule has 1 saturated heterocycles. The molecular formula is C17H19ClN2O3. The van der Waals surface area contributed by atoms with E-state index in [1.54, 1.807) is 26.5 Å². The van der Waals surface area contributed by atoms with Crippen LogP contribution in [0.2, 0.25) is 5.02 Å². The third-order valence-electron chi connectivity index (χ3n) is 4.19. The number of carbonyl (C=O) groups excluding carboxylic acids is 1. The number of nitrogens with zero attached hydrogens (tertiary/aromatic N) is 1. The molecule has 6 heteroatoms. The number of aromatic nitrogens is 1. The first-order valence-corrected chi connectivity index (χ1v) is 7.88. The molecule has 1 aromatic heterocycles. The second-order valence-corrected chi connectivity index (χ2v) is 5.93. The molecule has 0 saturated carbocycles. The van der Waals surface area contributed by atoms with Crippen LogP contribution in [0.15, 0.2) is 30.5 Å². The zero-order valence-corrected chi connectivity index (χ0v) is 13.9. The average Bonchev–Trinajstić information content (AvgIpc) is 3.22. The van der Waals surface area contributed by atoms with Gasteiger partial charge >= 0.3 is 0 Å². The molecule has 0 spiro atoms. The van der Waals surface area contributed by atoms with E-state index in [0.717, 1.165) is 36.4 Å². The Labute approximate surface area is 140 Å². The van der Waals surface area contributed by atoms with Crippen LogP contribution in [-0.4, -0.2) is 36.6 Å². The first kappa shape index (κ1) is 15.7. The molecule has 3 rings (SSSR count). The van der Waals surface area contributed by atoms with Crippen LogP contribution in [-0.2, 0) is 0 Å². The molecule has 1 atom stereocenters. The van der Waals surface area contributed by atoms with Crippen molar-refractivity contribution >= 4 is 17.5 Å². The quantitative estimate of drug-likeness (QED) is 0.928. The fourth-order valence-corrected chi connectivity index (χ4v) is 3.24. The predicted octanol–water partition coefficient (Wildman–Crippen LogP) is 3.66. The summed E-state index contributed by atoms with van der Waals surface area (Å²) in [5.74, 6) is 1.42. The average molecular weight is 335 g/mol. The number of nitrogens with one attached hydrogen (secondary N) is 1. The SMILES string of the molecule is COc1ccc(C2CCCN2C(=O)c2cc(Cl)c[nH]2)c(OC)c1. The van der Waals surface area contributed by atoms with Crippen molar-refractivity contribution < 1.29 is 14.3 Å². The normalized spacial score (nSPS) is 17.3. The van der Waals surface area contributed by atoms with Crippen molar-refractivity contribution in [2.45, 2.75) is 18.9 Å². The Morgan fingerprint density at radius 2 is 2.13 bits per heavy atom. The molecule has 1 unspecified atom stereocenters. The van der Waals surface area contributed by atoms with E-state index in [9.17, 15) is 4.79 Å². The molecule has 23 heavy (non-hydrogen) atoms. The number of H-pyrrole nitrogens is 1. The van der Waals surface area contributed by atoms with Gasteiger partial charge in [-0.3, -0.25) is 4.79 Å². The number of benzene rings is 1. The van der Waals surface area contributed by atoms with Crippen molar-refractivity contribution in [3.05, 3.63) is 46.7 Å². The zero-order valence-electron chi connectivity index (χ0n) is 13.1. The van der Waals surface area contributed by atoms with Gasteiger partial charge in [0.2, 0.25) is 0 Å². The number of likely N-dealkylation sites (tertiary alicyclic amines) is 1. The molecule has 2 heterocycles. The molecule has 2 aromatic rings. The third-order valence-corrected chi connectivity index (χ3v) is 4.41. The van der Waals surface area contributed by atoms with Gasteiger partial charge in [0, 0.05) is 24.4 Å². The Bertz CT molecular complexity index is 714. The molecule has 1 fully saturated rings. The van der Waals surface area contributed by atoms with E-state index in [-0.39, 0.29) is 11.9 Å². The standard InChI is InChI=1S/C17H19ClN2O3/c1-22-12-5-6-13(16(9-12)23-2)15-4-3-7-20(15)17(21)14-8-11(18)10-19-14/h5-6,8-10,15,19H,3-4,7H2,1-2H3. The summed E-state index contributed by atoms with van der Waals surface area (Å²) in [6.07, 6.45) is 3.48. The van der Waals surface area contributed by atoms with Crippen LogP contribution in [0.5, 0.6) is 11.5 Å². The van der Waals surface area contributed by atoms with E-state index in [4.69, 9.17) is 21.1 Å². The lowest BCUT2D eigenvalue weighted by Crippen LogP contribution is -2.31. The van der Waals surface area contributed by atoms with Gasteiger partial charge in [-0.25, -0.2) is 0 Å². The minimum absolute atomic E-state index is 0.00886. The fraction of sp³-hybridized carbons (Fsp3) is 0.353. The summed E-state index contributed by atoms with van der Waals surface area (Å²) in [4.78, 5) is 17.5. The van der Waals surface area contributed by atoms with E-state index < -0.39 is 0 Å². The van der Waals surface area contributed by atoms with E-state index in [2.05, 4.69) is 4.98 Å². The Kier molecular flexibility index (Phi) is 4.48. The number of halogens is 1. The molecule has 5 nitrogen and oxygen atoms in total. The van der Waals surface area contributed by atoms with E-state index >= 15 is 0 Å². The summed E-state index contributed by atoms with van der Waals surface area (Å²) in [6.45, 7) is 0.718. The molecule has 1 aliphatic heterocycles. The van der Waals surface area contributed by atoms with E-state index in [0.29, 0.717) is 10.7 Å². The molecular weight excluding hydrogens is 316 g/mol. The molecule has 0 aliphatic carbocycles. The van der Waals surface area contributed by atoms with Crippen LogP contribution in [0.3, 0.4) is 0 Å². The van der Waals surface area contributed by atoms with Crippen LogP contribution >= 0.6 is 11.6 Å². The molecule has 1 aromatic carbocycles. The molecule has 1 amide bonds. The summed E-state index contributed by atoms with van der Waals surface area (Å²) in [5, 5.41) is 0.533. The van der Waals surface area contributed by atoms with Crippen molar-refractivity contribution in [1.82, 2.24) is 9.88 Å². The third kappa shape index (κ3) is 3.01. The number of methoxy groups -OCH3 is 2.